The van der Waals surface area contributed by atoms with Gasteiger partial charge in [-0.15, -0.1) is 0 Å². The van der Waals surface area contributed by atoms with Gasteiger partial charge in [0, 0.05) is 10.6 Å². The standard InChI is InChI=1S/C22H21ClO5/c1-12(21(25)26)27-20-18(24)16-11-15(23)9-10-17(16)28-19(20)13-5-7-14(8-6-13)22(2,3)4/h5-12H,1-4H3,(H,25,26)/t12-/m1/s1. The van der Waals surface area contributed by atoms with E-state index in [9.17, 15) is 14.7 Å². The quantitative estimate of drug-likeness (QED) is 0.646. The lowest BCUT2D eigenvalue weighted by atomic mass is 9.86. The first-order valence-corrected chi connectivity index (χ1v) is 9.22. The number of aliphatic carboxylic acids is 1. The molecule has 0 aliphatic heterocycles. The van der Waals surface area contributed by atoms with Crippen molar-refractivity contribution < 1.29 is 19.1 Å². The Morgan fingerprint density at radius 2 is 1.79 bits per heavy atom. The highest BCUT2D eigenvalue weighted by molar-refractivity contribution is 6.31. The van der Waals surface area contributed by atoms with Gasteiger partial charge in [0.15, 0.2) is 11.9 Å². The highest BCUT2D eigenvalue weighted by Gasteiger charge is 2.23. The molecule has 0 amide bonds. The van der Waals surface area contributed by atoms with Gasteiger partial charge < -0.3 is 14.3 Å². The van der Waals surface area contributed by atoms with Crippen LogP contribution in [0.1, 0.15) is 33.3 Å². The lowest BCUT2D eigenvalue weighted by Gasteiger charge is -2.19. The van der Waals surface area contributed by atoms with E-state index in [1.807, 2.05) is 24.3 Å². The van der Waals surface area contributed by atoms with Gasteiger partial charge in [-0.2, -0.15) is 0 Å². The van der Waals surface area contributed by atoms with Crippen LogP contribution in [-0.2, 0) is 10.2 Å². The molecule has 3 rings (SSSR count). The van der Waals surface area contributed by atoms with Crippen LogP contribution in [0.3, 0.4) is 0 Å². The summed E-state index contributed by atoms with van der Waals surface area (Å²) in [4.78, 5) is 24.3. The summed E-state index contributed by atoms with van der Waals surface area (Å²) in [6.45, 7) is 7.66. The minimum Gasteiger partial charge on any atom is -0.479 e. The number of hydrogen-bond acceptors (Lipinski definition) is 4. The van der Waals surface area contributed by atoms with Crippen LogP contribution < -0.4 is 10.2 Å². The van der Waals surface area contributed by atoms with E-state index < -0.39 is 17.5 Å². The Hall–Kier alpha value is -2.79. The molecule has 28 heavy (non-hydrogen) atoms. The van der Waals surface area contributed by atoms with E-state index >= 15 is 0 Å². The molecule has 0 aliphatic carbocycles. The smallest absolute Gasteiger partial charge is 0.344 e. The van der Waals surface area contributed by atoms with E-state index in [2.05, 4.69) is 20.8 Å². The molecular weight excluding hydrogens is 380 g/mol. The van der Waals surface area contributed by atoms with Crippen molar-refractivity contribution in [2.24, 2.45) is 0 Å². The summed E-state index contributed by atoms with van der Waals surface area (Å²) in [5.74, 6) is -1.14. The first kappa shape index (κ1) is 20.0. The summed E-state index contributed by atoms with van der Waals surface area (Å²) in [7, 11) is 0. The van der Waals surface area contributed by atoms with Crippen LogP contribution in [0.25, 0.3) is 22.3 Å². The number of carbonyl (C=O) groups is 1. The van der Waals surface area contributed by atoms with Gasteiger partial charge >= 0.3 is 5.97 Å². The number of rotatable bonds is 4. The van der Waals surface area contributed by atoms with Crippen LogP contribution in [0.15, 0.2) is 51.7 Å². The SMILES string of the molecule is C[C@@H](Oc1c(-c2ccc(C(C)(C)C)cc2)oc2ccc(Cl)cc2c1=O)C(=O)O. The fourth-order valence-electron chi connectivity index (χ4n) is 2.80. The summed E-state index contributed by atoms with van der Waals surface area (Å²) in [6, 6.07) is 12.3. The Kier molecular flexibility index (Phi) is 5.22. The second-order valence-electron chi connectivity index (χ2n) is 7.66. The molecule has 0 saturated carbocycles. The Bertz CT molecular complexity index is 1090. The van der Waals surface area contributed by atoms with Gasteiger partial charge in [-0.05, 0) is 36.1 Å². The fourth-order valence-corrected chi connectivity index (χ4v) is 2.97. The van der Waals surface area contributed by atoms with Gasteiger partial charge in [0.1, 0.15) is 5.58 Å². The first-order valence-electron chi connectivity index (χ1n) is 8.84. The molecule has 1 N–H and O–H groups in total. The van der Waals surface area contributed by atoms with Gasteiger partial charge in [-0.25, -0.2) is 4.79 Å². The Morgan fingerprint density at radius 1 is 1.14 bits per heavy atom. The second-order valence-corrected chi connectivity index (χ2v) is 8.09. The van der Waals surface area contributed by atoms with Crippen molar-refractivity contribution in [3.63, 3.8) is 0 Å². The maximum Gasteiger partial charge on any atom is 0.344 e. The Morgan fingerprint density at radius 3 is 2.36 bits per heavy atom. The molecule has 2 aromatic carbocycles. The number of benzene rings is 2. The molecule has 0 saturated heterocycles. The van der Waals surface area contributed by atoms with E-state index in [-0.39, 0.29) is 22.3 Å². The summed E-state index contributed by atoms with van der Waals surface area (Å²) < 4.78 is 11.4. The first-order chi connectivity index (χ1) is 13.1. The maximum absolute atomic E-state index is 13.0. The molecule has 3 aromatic rings. The van der Waals surface area contributed by atoms with Crippen LogP contribution in [0.5, 0.6) is 5.75 Å². The number of carboxylic acids is 1. The van der Waals surface area contributed by atoms with Crippen molar-refractivity contribution in [2.75, 3.05) is 0 Å². The van der Waals surface area contributed by atoms with Gasteiger partial charge in [0.2, 0.25) is 11.2 Å². The molecule has 0 aliphatic rings. The van der Waals surface area contributed by atoms with Crippen LogP contribution >= 0.6 is 11.6 Å². The molecule has 0 spiro atoms. The summed E-state index contributed by atoms with van der Waals surface area (Å²) in [5.41, 5.74) is 1.59. The van der Waals surface area contributed by atoms with Crippen LogP contribution in [0, 0.1) is 0 Å². The molecule has 0 fully saturated rings. The fraction of sp³-hybridized carbons (Fsp3) is 0.273. The van der Waals surface area contributed by atoms with E-state index in [1.165, 1.54) is 13.0 Å². The predicted molar refractivity (Wildman–Crippen MR) is 109 cm³/mol. The van der Waals surface area contributed by atoms with Crippen molar-refractivity contribution in [1.82, 2.24) is 0 Å². The van der Waals surface area contributed by atoms with Gasteiger partial charge in [-0.3, -0.25) is 4.79 Å². The Labute approximate surface area is 167 Å². The third kappa shape index (κ3) is 3.90. The van der Waals surface area contributed by atoms with E-state index in [0.717, 1.165) is 5.56 Å². The number of hydrogen-bond donors (Lipinski definition) is 1. The van der Waals surface area contributed by atoms with Crippen LogP contribution in [0.4, 0.5) is 0 Å². The summed E-state index contributed by atoms with van der Waals surface area (Å²) >= 11 is 6.00. The third-order valence-corrected chi connectivity index (χ3v) is 4.70. The zero-order valence-corrected chi connectivity index (χ0v) is 16.8. The molecule has 0 unspecified atom stereocenters. The molecule has 5 nitrogen and oxygen atoms in total. The second kappa shape index (κ2) is 7.32. The highest BCUT2D eigenvalue weighted by atomic mass is 35.5. The highest BCUT2D eigenvalue weighted by Crippen LogP contribution is 2.33. The molecule has 1 atom stereocenters. The van der Waals surface area contributed by atoms with Gasteiger partial charge in [0.25, 0.3) is 0 Å². The van der Waals surface area contributed by atoms with Crippen LogP contribution in [-0.4, -0.2) is 17.2 Å². The summed E-state index contributed by atoms with van der Waals surface area (Å²) in [6.07, 6.45) is -1.22. The van der Waals surface area contributed by atoms with E-state index in [1.54, 1.807) is 12.1 Å². The molecule has 1 heterocycles. The Balaban J connectivity index is 2.23. The summed E-state index contributed by atoms with van der Waals surface area (Å²) in [5, 5.41) is 9.81. The monoisotopic (exact) mass is 400 g/mol. The number of ether oxygens (including phenoxy) is 1. The molecule has 0 radical (unpaired) electrons. The minimum atomic E-state index is -1.22. The predicted octanol–water partition coefficient (Wildman–Crippen LogP) is 5.26. The average molecular weight is 401 g/mol. The van der Waals surface area contributed by atoms with E-state index in [4.69, 9.17) is 20.8 Å². The van der Waals surface area contributed by atoms with E-state index in [0.29, 0.717) is 16.2 Å². The molecule has 146 valence electrons. The molecular formula is C22H21ClO5. The topological polar surface area (TPSA) is 76.7 Å². The van der Waals surface area contributed by atoms with Crippen LogP contribution in [0.2, 0.25) is 5.02 Å². The number of carboxylic acid groups (broad SMARTS) is 1. The zero-order chi connectivity index (χ0) is 20.6. The minimum absolute atomic E-state index is 0.0311. The van der Waals surface area contributed by atoms with Crippen molar-refractivity contribution in [1.29, 1.82) is 0 Å². The van der Waals surface area contributed by atoms with Crippen molar-refractivity contribution in [3.05, 3.63) is 63.3 Å². The zero-order valence-electron chi connectivity index (χ0n) is 16.1. The van der Waals surface area contributed by atoms with Crippen molar-refractivity contribution in [3.8, 4) is 17.1 Å². The number of fused-ring (bicyclic) bond motifs is 1. The number of halogens is 1. The lowest BCUT2D eigenvalue weighted by molar-refractivity contribution is -0.144. The van der Waals surface area contributed by atoms with Crippen molar-refractivity contribution in [2.45, 2.75) is 39.2 Å². The third-order valence-electron chi connectivity index (χ3n) is 4.47. The van der Waals surface area contributed by atoms with Gasteiger partial charge in [-0.1, -0.05) is 56.6 Å². The molecule has 6 heteroatoms. The van der Waals surface area contributed by atoms with Crippen molar-refractivity contribution >= 4 is 28.5 Å². The molecule has 1 aromatic heterocycles. The normalized spacial score (nSPS) is 12.8. The lowest BCUT2D eigenvalue weighted by Crippen LogP contribution is -2.26. The van der Waals surface area contributed by atoms with Gasteiger partial charge in [0.05, 0.1) is 5.39 Å². The molecule has 0 bridgehead atoms. The maximum atomic E-state index is 13.0. The average Bonchev–Trinajstić information content (AvgIpc) is 2.63. The largest absolute Gasteiger partial charge is 0.479 e.